The number of aryl methyl sites for hydroxylation is 1. The maximum absolute atomic E-state index is 4.39. The highest BCUT2D eigenvalue weighted by molar-refractivity contribution is 9.10. The van der Waals surface area contributed by atoms with Gasteiger partial charge in [-0.2, -0.15) is 0 Å². The monoisotopic (exact) mass is 367 g/mol. The van der Waals surface area contributed by atoms with Crippen molar-refractivity contribution >= 4 is 31.9 Å². The number of alkyl halides is 1. The lowest BCUT2D eigenvalue weighted by molar-refractivity contribution is 0.718. The van der Waals surface area contributed by atoms with Gasteiger partial charge in [-0.3, -0.25) is 4.98 Å². The van der Waals surface area contributed by atoms with Crippen LogP contribution in [0.3, 0.4) is 0 Å². The van der Waals surface area contributed by atoms with Gasteiger partial charge >= 0.3 is 0 Å². The highest BCUT2D eigenvalue weighted by atomic mass is 79.9. The van der Waals surface area contributed by atoms with Crippen LogP contribution in [-0.2, 0) is 6.42 Å². The lowest BCUT2D eigenvalue weighted by atomic mass is 10.1. The molecule has 0 aliphatic carbocycles. The van der Waals surface area contributed by atoms with E-state index < -0.39 is 0 Å². The van der Waals surface area contributed by atoms with Gasteiger partial charge in [-0.15, -0.1) is 0 Å². The van der Waals surface area contributed by atoms with Gasteiger partial charge in [0.1, 0.15) is 0 Å². The molecule has 2 aromatic rings. The predicted octanol–water partition coefficient (Wildman–Crippen LogP) is 5.30. The lowest BCUT2D eigenvalue weighted by Crippen LogP contribution is -1.94. The van der Waals surface area contributed by atoms with Crippen LogP contribution in [0.15, 0.2) is 53.1 Å². The molecule has 0 N–H and O–H groups in total. The summed E-state index contributed by atoms with van der Waals surface area (Å²) in [4.78, 5) is 4.82. The topological polar surface area (TPSA) is 12.9 Å². The van der Waals surface area contributed by atoms with Crippen molar-refractivity contribution in [1.29, 1.82) is 0 Å². The molecule has 0 radical (unpaired) electrons. The van der Waals surface area contributed by atoms with Crippen molar-refractivity contribution in [2.75, 3.05) is 0 Å². The van der Waals surface area contributed by atoms with Crippen LogP contribution in [0.1, 0.15) is 28.9 Å². The summed E-state index contributed by atoms with van der Waals surface area (Å²) >= 11 is 7.14. The van der Waals surface area contributed by atoms with Crippen LogP contribution in [0.5, 0.6) is 0 Å². The Bertz CT molecular complexity index is 468. The summed E-state index contributed by atoms with van der Waals surface area (Å²) in [7, 11) is 0. The molecule has 1 heterocycles. The second-order valence-corrected chi connectivity index (χ2v) is 6.26. The fourth-order valence-electron chi connectivity index (χ4n) is 1.85. The van der Waals surface area contributed by atoms with Crippen molar-refractivity contribution in [3.63, 3.8) is 0 Å². The van der Waals surface area contributed by atoms with Gasteiger partial charge in [-0.1, -0.05) is 46.3 Å². The Kier molecular flexibility index (Phi) is 5.39. The summed E-state index contributed by atoms with van der Waals surface area (Å²) < 4.78 is 1.04. The third-order valence-electron chi connectivity index (χ3n) is 2.84. The second kappa shape index (κ2) is 7.05. The zero-order chi connectivity index (χ0) is 12.8. The highest BCUT2D eigenvalue weighted by Gasteiger charge is 2.06. The Morgan fingerprint density at radius 3 is 2.50 bits per heavy atom. The molecule has 0 saturated heterocycles. The molecule has 1 atom stereocenters. The van der Waals surface area contributed by atoms with Crippen molar-refractivity contribution in [3.05, 3.63) is 64.4 Å². The van der Waals surface area contributed by atoms with E-state index in [1.54, 1.807) is 0 Å². The number of pyridine rings is 1. The summed E-state index contributed by atoms with van der Waals surface area (Å²) in [5, 5.41) is 0. The van der Waals surface area contributed by atoms with E-state index in [0.717, 1.165) is 29.4 Å². The first-order chi connectivity index (χ1) is 8.75. The molecule has 0 fully saturated rings. The number of nitrogens with zero attached hydrogens (tertiary/aromatic N) is 1. The number of hydrogen-bond acceptors (Lipinski definition) is 1. The van der Waals surface area contributed by atoms with Crippen molar-refractivity contribution in [2.45, 2.75) is 24.1 Å². The molecule has 1 nitrogen and oxygen atoms in total. The summed E-state index contributed by atoms with van der Waals surface area (Å²) in [5.41, 5.74) is 2.51. The fourth-order valence-corrected chi connectivity index (χ4v) is 2.71. The molecular weight excluding hydrogens is 354 g/mol. The SMILES string of the molecule is Brc1ccc(CCCC(Br)c2ccccc2)nc1. The first-order valence-corrected chi connectivity index (χ1v) is 7.76. The maximum Gasteiger partial charge on any atom is 0.0413 e. The second-order valence-electron chi connectivity index (χ2n) is 4.24. The first kappa shape index (κ1) is 13.8. The summed E-state index contributed by atoms with van der Waals surface area (Å²) in [5.74, 6) is 0. The van der Waals surface area contributed by atoms with Gasteiger partial charge < -0.3 is 0 Å². The van der Waals surface area contributed by atoms with E-state index >= 15 is 0 Å². The van der Waals surface area contributed by atoms with E-state index in [4.69, 9.17) is 0 Å². The minimum absolute atomic E-state index is 0.439. The van der Waals surface area contributed by atoms with Gasteiger partial charge in [-0.25, -0.2) is 0 Å². The first-order valence-electron chi connectivity index (χ1n) is 6.05. The Morgan fingerprint density at radius 2 is 1.83 bits per heavy atom. The van der Waals surface area contributed by atoms with Gasteiger partial charge in [0.25, 0.3) is 0 Å². The number of benzene rings is 1. The lowest BCUT2D eigenvalue weighted by Gasteiger charge is -2.09. The molecule has 1 unspecified atom stereocenters. The molecule has 1 aromatic heterocycles. The minimum atomic E-state index is 0.439. The molecule has 18 heavy (non-hydrogen) atoms. The van der Waals surface area contributed by atoms with Crippen molar-refractivity contribution in [2.24, 2.45) is 0 Å². The van der Waals surface area contributed by atoms with E-state index in [2.05, 4.69) is 73.2 Å². The quantitative estimate of drug-likeness (QED) is 0.652. The molecule has 0 aliphatic heterocycles. The largest absolute Gasteiger partial charge is 0.260 e. The van der Waals surface area contributed by atoms with Crippen LogP contribution < -0.4 is 0 Å². The summed E-state index contributed by atoms with van der Waals surface area (Å²) in [6, 6.07) is 14.7. The molecular formula is C15H15Br2N. The highest BCUT2D eigenvalue weighted by Crippen LogP contribution is 2.27. The Hall–Kier alpha value is -0.670. The van der Waals surface area contributed by atoms with Crippen LogP contribution >= 0.6 is 31.9 Å². The number of hydrogen-bond donors (Lipinski definition) is 0. The molecule has 0 saturated carbocycles. The zero-order valence-corrected chi connectivity index (χ0v) is 13.2. The molecule has 3 heteroatoms. The maximum atomic E-state index is 4.39. The van der Waals surface area contributed by atoms with E-state index in [1.165, 1.54) is 5.56 Å². The average molecular weight is 369 g/mol. The van der Waals surface area contributed by atoms with Crippen LogP contribution in [0.2, 0.25) is 0 Å². The molecule has 1 aromatic carbocycles. The minimum Gasteiger partial charge on any atom is -0.260 e. The van der Waals surface area contributed by atoms with Crippen molar-refractivity contribution in [1.82, 2.24) is 4.98 Å². The average Bonchev–Trinajstić information content (AvgIpc) is 2.42. The molecule has 2 rings (SSSR count). The fraction of sp³-hybridized carbons (Fsp3) is 0.267. The third-order valence-corrected chi connectivity index (χ3v) is 4.30. The molecule has 0 bridgehead atoms. The van der Waals surface area contributed by atoms with E-state index in [1.807, 2.05) is 12.3 Å². The Labute approximate surface area is 125 Å². The van der Waals surface area contributed by atoms with E-state index in [-0.39, 0.29) is 0 Å². The Morgan fingerprint density at radius 1 is 1.06 bits per heavy atom. The predicted molar refractivity (Wildman–Crippen MR) is 83.0 cm³/mol. The smallest absolute Gasteiger partial charge is 0.0413 e. The van der Waals surface area contributed by atoms with E-state index in [0.29, 0.717) is 4.83 Å². The molecule has 0 amide bonds. The van der Waals surface area contributed by atoms with Crippen LogP contribution in [0, 0.1) is 0 Å². The Balaban J connectivity index is 1.80. The van der Waals surface area contributed by atoms with Gasteiger partial charge in [0.2, 0.25) is 0 Å². The van der Waals surface area contributed by atoms with Crippen molar-refractivity contribution < 1.29 is 0 Å². The van der Waals surface area contributed by atoms with Crippen molar-refractivity contribution in [3.8, 4) is 0 Å². The molecule has 94 valence electrons. The third kappa shape index (κ3) is 4.21. The van der Waals surface area contributed by atoms with Crippen LogP contribution in [0.25, 0.3) is 0 Å². The standard InChI is InChI=1S/C15H15Br2N/c16-13-9-10-14(18-11-13)7-4-8-15(17)12-5-2-1-3-6-12/h1-3,5-6,9-11,15H,4,7-8H2. The zero-order valence-electron chi connectivity index (χ0n) is 10.0. The van der Waals surface area contributed by atoms with Gasteiger partial charge in [0.05, 0.1) is 0 Å². The molecule has 0 aliphatic rings. The number of halogens is 2. The van der Waals surface area contributed by atoms with Gasteiger partial charge in [0, 0.05) is 21.2 Å². The van der Waals surface area contributed by atoms with Gasteiger partial charge in [-0.05, 0) is 52.9 Å². The number of aromatic nitrogens is 1. The summed E-state index contributed by atoms with van der Waals surface area (Å²) in [6.07, 6.45) is 5.15. The number of rotatable bonds is 5. The van der Waals surface area contributed by atoms with E-state index in [9.17, 15) is 0 Å². The summed E-state index contributed by atoms with van der Waals surface area (Å²) in [6.45, 7) is 0. The van der Waals surface area contributed by atoms with Crippen LogP contribution in [0.4, 0.5) is 0 Å². The molecule has 0 spiro atoms. The van der Waals surface area contributed by atoms with Gasteiger partial charge in [0.15, 0.2) is 0 Å². The van der Waals surface area contributed by atoms with Crippen LogP contribution in [-0.4, -0.2) is 4.98 Å². The normalized spacial score (nSPS) is 12.3.